The predicted octanol–water partition coefficient (Wildman–Crippen LogP) is 1.30. The molecule has 0 unspecified atom stereocenters. The van der Waals surface area contributed by atoms with Crippen molar-refractivity contribution in [3.63, 3.8) is 0 Å². The monoisotopic (exact) mass is 321 g/mol. The minimum Gasteiger partial charge on any atom is -0.333 e. The van der Waals surface area contributed by atoms with Gasteiger partial charge in [-0.3, -0.25) is 9.36 Å². The molecule has 118 valence electrons. The fourth-order valence-electron chi connectivity index (χ4n) is 2.78. The second-order valence-electron chi connectivity index (χ2n) is 5.28. The van der Waals surface area contributed by atoms with Gasteiger partial charge in [-0.25, -0.2) is 0 Å². The van der Waals surface area contributed by atoms with E-state index in [2.05, 4.69) is 22.3 Å². The van der Waals surface area contributed by atoms with Crippen LogP contribution < -0.4 is 5.73 Å². The molecule has 0 radical (unpaired) electrons. The highest BCUT2D eigenvalue weighted by molar-refractivity contribution is 5.85. The molecule has 22 heavy (non-hydrogen) atoms. The molecule has 6 nitrogen and oxygen atoms in total. The second-order valence-corrected chi connectivity index (χ2v) is 5.28. The molecule has 0 bridgehead atoms. The maximum absolute atomic E-state index is 12.5. The van der Waals surface area contributed by atoms with E-state index in [0.29, 0.717) is 25.5 Å². The molecule has 7 heteroatoms. The first-order chi connectivity index (χ1) is 10.2. The summed E-state index contributed by atoms with van der Waals surface area (Å²) in [4.78, 5) is 14.3. The van der Waals surface area contributed by atoms with Crippen LogP contribution in [0.15, 0.2) is 30.3 Å². The fraction of sp³-hybridized carbons (Fsp3) is 0.400. The van der Waals surface area contributed by atoms with Crippen LogP contribution in [0.2, 0.25) is 0 Å². The summed E-state index contributed by atoms with van der Waals surface area (Å²) in [6.45, 7) is 3.37. The van der Waals surface area contributed by atoms with E-state index < -0.39 is 0 Å². The second kappa shape index (κ2) is 6.89. The van der Waals surface area contributed by atoms with Crippen LogP contribution in [-0.4, -0.2) is 32.1 Å². The molecule has 1 aliphatic heterocycles. The molecule has 0 fully saturated rings. The van der Waals surface area contributed by atoms with Gasteiger partial charge in [0, 0.05) is 6.54 Å². The molecule has 1 atom stereocenters. The van der Waals surface area contributed by atoms with Crippen molar-refractivity contribution in [3.05, 3.63) is 47.5 Å². The van der Waals surface area contributed by atoms with Gasteiger partial charge in [-0.2, -0.15) is 0 Å². The summed E-state index contributed by atoms with van der Waals surface area (Å²) < 4.78 is 1.86. The Kier molecular flexibility index (Phi) is 5.15. The van der Waals surface area contributed by atoms with E-state index in [9.17, 15) is 4.79 Å². The van der Waals surface area contributed by atoms with Crippen molar-refractivity contribution >= 4 is 18.3 Å². The molecular weight excluding hydrogens is 302 g/mol. The molecular formula is C15H20ClN5O. The Morgan fingerprint density at radius 1 is 1.27 bits per heavy atom. The maximum atomic E-state index is 12.5. The zero-order chi connectivity index (χ0) is 14.8. The van der Waals surface area contributed by atoms with Gasteiger partial charge >= 0.3 is 0 Å². The normalized spacial score (nSPS) is 17.1. The quantitative estimate of drug-likeness (QED) is 0.921. The first-order valence-electron chi connectivity index (χ1n) is 7.16. The third-order valence-electron chi connectivity index (χ3n) is 3.92. The van der Waals surface area contributed by atoms with Gasteiger partial charge in [0.15, 0.2) is 5.82 Å². The van der Waals surface area contributed by atoms with Crippen LogP contribution >= 0.6 is 12.4 Å². The van der Waals surface area contributed by atoms with Crippen molar-refractivity contribution in [1.82, 2.24) is 19.7 Å². The number of hydrogen-bond donors (Lipinski definition) is 1. The van der Waals surface area contributed by atoms with E-state index in [4.69, 9.17) is 5.73 Å². The maximum Gasteiger partial charge on any atom is 0.245 e. The van der Waals surface area contributed by atoms with Gasteiger partial charge in [-0.1, -0.05) is 30.3 Å². The van der Waals surface area contributed by atoms with E-state index >= 15 is 0 Å². The Bertz CT molecular complexity index is 643. The smallest absolute Gasteiger partial charge is 0.245 e. The molecule has 1 aromatic carbocycles. The first kappa shape index (κ1) is 16.5. The lowest BCUT2D eigenvalue weighted by Crippen LogP contribution is -2.43. The number of amides is 1. The number of nitrogens with zero attached hydrogens (tertiary/aromatic N) is 4. The Morgan fingerprint density at radius 2 is 2.00 bits per heavy atom. The Hall–Kier alpha value is -1.92. The summed E-state index contributed by atoms with van der Waals surface area (Å²) in [7, 11) is 0. The van der Waals surface area contributed by atoms with E-state index in [0.717, 1.165) is 12.2 Å². The van der Waals surface area contributed by atoms with E-state index in [1.54, 1.807) is 0 Å². The highest BCUT2D eigenvalue weighted by atomic mass is 35.5. The van der Waals surface area contributed by atoms with Crippen LogP contribution in [0.4, 0.5) is 0 Å². The Balaban J connectivity index is 0.00000176. The van der Waals surface area contributed by atoms with Gasteiger partial charge in [-0.15, -0.1) is 22.6 Å². The highest BCUT2D eigenvalue weighted by Gasteiger charge is 2.32. The molecule has 3 rings (SSSR count). The number of carbonyl (C=O) groups is 1. The Labute approximate surface area is 135 Å². The minimum atomic E-state index is -0.280. The number of hydrogen-bond acceptors (Lipinski definition) is 4. The molecule has 2 aromatic rings. The van der Waals surface area contributed by atoms with Crippen LogP contribution in [-0.2, 0) is 24.3 Å². The average molecular weight is 322 g/mol. The lowest BCUT2D eigenvalue weighted by Gasteiger charge is -2.32. The van der Waals surface area contributed by atoms with E-state index in [-0.39, 0.29) is 24.4 Å². The van der Waals surface area contributed by atoms with Gasteiger partial charge in [0.05, 0.1) is 13.1 Å². The molecule has 0 spiro atoms. The highest BCUT2D eigenvalue weighted by Crippen LogP contribution is 2.22. The van der Waals surface area contributed by atoms with Crippen molar-refractivity contribution in [2.75, 3.05) is 6.54 Å². The zero-order valence-electron chi connectivity index (χ0n) is 12.5. The van der Waals surface area contributed by atoms with Crippen LogP contribution in [0.3, 0.4) is 0 Å². The number of carbonyl (C=O) groups excluding carboxylic acids is 1. The molecule has 2 N–H and O–H groups in total. The summed E-state index contributed by atoms with van der Waals surface area (Å²) in [5.41, 5.74) is 6.88. The van der Waals surface area contributed by atoms with E-state index in [1.165, 1.54) is 5.56 Å². The first-order valence-corrected chi connectivity index (χ1v) is 7.16. The van der Waals surface area contributed by atoms with Crippen molar-refractivity contribution in [2.24, 2.45) is 5.73 Å². The number of benzene rings is 1. The van der Waals surface area contributed by atoms with Crippen molar-refractivity contribution in [2.45, 2.75) is 32.5 Å². The van der Waals surface area contributed by atoms with Crippen molar-refractivity contribution < 1.29 is 4.79 Å². The fourth-order valence-corrected chi connectivity index (χ4v) is 2.78. The van der Waals surface area contributed by atoms with Crippen LogP contribution in [0.1, 0.15) is 30.2 Å². The lowest BCUT2D eigenvalue weighted by molar-refractivity contribution is -0.137. The van der Waals surface area contributed by atoms with Crippen molar-refractivity contribution in [1.29, 1.82) is 0 Å². The molecule has 1 amide bonds. The molecule has 0 saturated heterocycles. The van der Waals surface area contributed by atoms with Crippen LogP contribution in [0, 0.1) is 0 Å². The third kappa shape index (κ3) is 2.98. The third-order valence-corrected chi connectivity index (χ3v) is 3.92. The van der Waals surface area contributed by atoms with Crippen LogP contribution in [0.25, 0.3) is 0 Å². The molecule has 0 aliphatic carbocycles. The molecule has 1 aromatic heterocycles. The predicted molar refractivity (Wildman–Crippen MR) is 85.4 cm³/mol. The molecule has 2 heterocycles. The average Bonchev–Trinajstić information content (AvgIpc) is 2.93. The lowest BCUT2D eigenvalue weighted by atomic mass is 10.1. The minimum absolute atomic E-state index is 0. The summed E-state index contributed by atoms with van der Waals surface area (Å²) in [6, 6.07) is 9.90. The summed E-state index contributed by atoms with van der Waals surface area (Å²) in [6.07, 6.45) is 0.844. The number of fused-ring (bicyclic) bond motifs is 1. The summed E-state index contributed by atoms with van der Waals surface area (Å²) in [5, 5.41) is 8.22. The topological polar surface area (TPSA) is 77.0 Å². The van der Waals surface area contributed by atoms with Gasteiger partial charge in [-0.05, 0) is 18.9 Å². The van der Waals surface area contributed by atoms with E-state index in [1.807, 2.05) is 34.6 Å². The molecule has 1 aliphatic rings. The van der Waals surface area contributed by atoms with Gasteiger partial charge in [0.2, 0.25) is 5.91 Å². The van der Waals surface area contributed by atoms with Gasteiger partial charge in [0.25, 0.3) is 0 Å². The number of halogens is 1. The standard InChI is InChI=1S/C15H19N5O.ClH/c1-11-15(21)19(8-7-12-5-3-2-4-6-12)10-14-18-17-13(9-16)20(11)14;/h2-6,11H,7-10,16H2,1H3;1H/t11-;/m1./s1. The summed E-state index contributed by atoms with van der Waals surface area (Å²) >= 11 is 0. The number of rotatable bonds is 4. The number of nitrogens with two attached hydrogens (primary N) is 1. The number of aromatic nitrogens is 3. The van der Waals surface area contributed by atoms with Gasteiger partial charge in [0.1, 0.15) is 11.9 Å². The Morgan fingerprint density at radius 3 is 2.68 bits per heavy atom. The zero-order valence-corrected chi connectivity index (χ0v) is 13.3. The molecule has 0 saturated carbocycles. The van der Waals surface area contributed by atoms with Gasteiger partial charge < -0.3 is 10.6 Å². The van der Waals surface area contributed by atoms with Crippen molar-refractivity contribution in [3.8, 4) is 0 Å². The van der Waals surface area contributed by atoms with Crippen LogP contribution in [0.5, 0.6) is 0 Å². The summed E-state index contributed by atoms with van der Waals surface area (Å²) in [5.74, 6) is 1.59. The largest absolute Gasteiger partial charge is 0.333 e. The SMILES string of the molecule is C[C@@H]1C(=O)N(CCc2ccccc2)Cc2nnc(CN)n21.Cl.